The van der Waals surface area contributed by atoms with E-state index in [0.717, 1.165) is 0 Å². The minimum Gasteiger partial charge on any atom is -0.457 e. The lowest BCUT2D eigenvalue weighted by Gasteiger charge is -2.04. The molecule has 0 fully saturated rings. The van der Waals surface area contributed by atoms with Crippen LogP contribution in [0.2, 0.25) is 0 Å². The summed E-state index contributed by atoms with van der Waals surface area (Å²) in [5.74, 6) is -1.38. The van der Waals surface area contributed by atoms with Crippen molar-refractivity contribution in [3.05, 3.63) is 83.6 Å². The molecule has 0 spiro atoms. The van der Waals surface area contributed by atoms with E-state index < -0.39 is 17.5 Å². The molecular weight excluding hydrogens is 338 g/mol. The fraction of sp³-hybridized carbons (Fsp3) is 0. The molecule has 128 valence electrons. The molecule has 0 aliphatic carbocycles. The largest absolute Gasteiger partial charge is 0.457 e. The maximum atomic E-state index is 13.8. The SMILES string of the molecule is N#C/C(=C\c1ccc(-c2ccccc2F)o1)C(=O)Nc1ccccc1F. The maximum Gasteiger partial charge on any atom is 0.266 e. The summed E-state index contributed by atoms with van der Waals surface area (Å²) in [4.78, 5) is 12.2. The van der Waals surface area contributed by atoms with E-state index in [-0.39, 0.29) is 28.3 Å². The number of rotatable bonds is 4. The van der Waals surface area contributed by atoms with Gasteiger partial charge in [0.15, 0.2) is 0 Å². The van der Waals surface area contributed by atoms with Crippen LogP contribution in [-0.2, 0) is 4.79 Å². The number of anilines is 1. The number of carbonyl (C=O) groups is 1. The summed E-state index contributed by atoms with van der Waals surface area (Å²) < 4.78 is 32.9. The first-order valence-corrected chi connectivity index (χ1v) is 7.61. The van der Waals surface area contributed by atoms with Gasteiger partial charge in [-0.15, -0.1) is 0 Å². The zero-order chi connectivity index (χ0) is 18.5. The minimum atomic E-state index is -0.776. The van der Waals surface area contributed by atoms with Gasteiger partial charge in [0.25, 0.3) is 5.91 Å². The van der Waals surface area contributed by atoms with Crippen molar-refractivity contribution >= 4 is 17.7 Å². The van der Waals surface area contributed by atoms with Crippen molar-refractivity contribution in [1.29, 1.82) is 5.26 Å². The molecule has 0 unspecified atom stereocenters. The molecule has 1 aromatic heterocycles. The van der Waals surface area contributed by atoms with E-state index in [0.29, 0.717) is 0 Å². The molecule has 1 heterocycles. The second-order valence-electron chi connectivity index (χ2n) is 5.29. The van der Waals surface area contributed by atoms with Crippen LogP contribution in [0.25, 0.3) is 17.4 Å². The number of hydrogen-bond donors (Lipinski definition) is 1. The quantitative estimate of drug-likeness (QED) is 0.544. The van der Waals surface area contributed by atoms with Crippen molar-refractivity contribution in [2.45, 2.75) is 0 Å². The molecule has 0 atom stereocenters. The number of halogens is 2. The van der Waals surface area contributed by atoms with Crippen molar-refractivity contribution in [2.24, 2.45) is 0 Å². The molecule has 0 saturated heterocycles. The molecule has 1 N–H and O–H groups in total. The van der Waals surface area contributed by atoms with E-state index in [1.165, 1.54) is 42.5 Å². The van der Waals surface area contributed by atoms with E-state index in [1.807, 2.05) is 0 Å². The topological polar surface area (TPSA) is 66.0 Å². The van der Waals surface area contributed by atoms with Crippen LogP contribution in [0.5, 0.6) is 0 Å². The molecule has 0 radical (unpaired) electrons. The molecule has 0 bridgehead atoms. The predicted molar refractivity (Wildman–Crippen MR) is 92.7 cm³/mol. The Morgan fingerprint density at radius 1 is 1.00 bits per heavy atom. The Kier molecular flexibility index (Phi) is 4.90. The highest BCUT2D eigenvalue weighted by Crippen LogP contribution is 2.26. The van der Waals surface area contributed by atoms with Crippen LogP contribution < -0.4 is 5.32 Å². The Balaban J connectivity index is 1.84. The van der Waals surface area contributed by atoms with Gasteiger partial charge in [-0.25, -0.2) is 8.78 Å². The molecule has 3 rings (SSSR count). The van der Waals surface area contributed by atoms with E-state index in [4.69, 9.17) is 4.42 Å². The lowest BCUT2D eigenvalue weighted by atomic mass is 10.1. The first-order valence-electron chi connectivity index (χ1n) is 7.61. The van der Waals surface area contributed by atoms with Crippen molar-refractivity contribution in [2.75, 3.05) is 5.32 Å². The van der Waals surface area contributed by atoms with Gasteiger partial charge >= 0.3 is 0 Å². The lowest BCUT2D eigenvalue weighted by Crippen LogP contribution is -2.14. The molecule has 0 aliphatic rings. The van der Waals surface area contributed by atoms with E-state index >= 15 is 0 Å². The fourth-order valence-electron chi connectivity index (χ4n) is 2.28. The summed E-state index contributed by atoms with van der Waals surface area (Å²) >= 11 is 0. The third-order valence-corrected chi connectivity index (χ3v) is 3.54. The second kappa shape index (κ2) is 7.45. The predicted octanol–water partition coefficient (Wildman–Crippen LogP) is 4.77. The fourth-order valence-corrected chi connectivity index (χ4v) is 2.28. The highest BCUT2D eigenvalue weighted by molar-refractivity contribution is 6.09. The molecule has 4 nitrogen and oxygen atoms in total. The average Bonchev–Trinajstić information content (AvgIpc) is 3.10. The van der Waals surface area contributed by atoms with Crippen LogP contribution in [0, 0.1) is 23.0 Å². The number of benzene rings is 2. The number of nitrogens with one attached hydrogen (secondary N) is 1. The summed E-state index contributed by atoms with van der Waals surface area (Å²) in [5, 5.41) is 11.5. The average molecular weight is 350 g/mol. The molecule has 1 amide bonds. The van der Waals surface area contributed by atoms with Gasteiger partial charge in [-0.05, 0) is 36.4 Å². The number of furan rings is 1. The minimum absolute atomic E-state index is 0.0369. The van der Waals surface area contributed by atoms with Gasteiger partial charge in [0.2, 0.25) is 0 Å². The lowest BCUT2D eigenvalue weighted by molar-refractivity contribution is -0.112. The number of hydrogen-bond acceptors (Lipinski definition) is 3. The van der Waals surface area contributed by atoms with Gasteiger partial charge in [0, 0.05) is 6.08 Å². The third-order valence-electron chi connectivity index (χ3n) is 3.54. The first-order chi connectivity index (χ1) is 12.6. The summed E-state index contributed by atoms with van der Waals surface area (Å²) in [6, 6.07) is 16.5. The number of amides is 1. The molecule has 3 aromatic rings. The number of nitrogens with zero attached hydrogens (tertiary/aromatic N) is 1. The van der Waals surface area contributed by atoms with Crippen molar-refractivity contribution in [3.8, 4) is 17.4 Å². The Labute approximate surface area is 148 Å². The molecule has 0 aliphatic heterocycles. The van der Waals surface area contributed by atoms with Gasteiger partial charge in [0.05, 0.1) is 11.3 Å². The van der Waals surface area contributed by atoms with Gasteiger partial charge in [-0.2, -0.15) is 5.26 Å². The molecule has 26 heavy (non-hydrogen) atoms. The van der Waals surface area contributed by atoms with Crippen LogP contribution in [0.4, 0.5) is 14.5 Å². The zero-order valence-corrected chi connectivity index (χ0v) is 13.4. The van der Waals surface area contributed by atoms with Crippen molar-refractivity contribution in [3.63, 3.8) is 0 Å². The van der Waals surface area contributed by atoms with Crippen LogP contribution in [0.15, 0.2) is 70.7 Å². The number of carbonyl (C=O) groups excluding carboxylic acids is 1. The van der Waals surface area contributed by atoms with E-state index in [9.17, 15) is 18.8 Å². The molecule has 6 heteroatoms. The maximum absolute atomic E-state index is 13.8. The first kappa shape index (κ1) is 17.1. The van der Waals surface area contributed by atoms with Gasteiger partial charge in [-0.1, -0.05) is 24.3 Å². The summed E-state index contributed by atoms with van der Waals surface area (Å²) in [5.41, 5.74) is -0.0470. The smallest absolute Gasteiger partial charge is 0.266 e. The van der Waals surface area contributed by atoms with Crippen LogP contribution in [0.1, 0.15) is 5.76 Å². The van der Waals surface area contributed by atoms with Crippen LogP contribution in [0.3, 0.4) is 0 Å². The molecule has 2 aromatic carbocycles. The van der Waals surface area contributed by atoms with Crippen LogP contribution in [-0.4, -0.2) is 5.91 Å². The second-order valence-corrected chi connectivity index (χ2v) is 5.29. The highest BCUT2D eigenvalue weighted by Gasteiger charge is 2.14. The number of nitriles is 1. The Morgan fingerprint density at radius 3 is 2.38 bits per heavy atom. The Hall–Kier alpha value is -3.72. The summed E-state index contributed by atoms with van der Waals surface area (Å²) in [6.45, 7) is 0. The van der Waals surface area contributed by atoms with Crippen LogP contribution >= 0.6 is 0 Å². The van der Waals surface area contributed by atoms with Gasteiger partial charge in [-0.3, -0.25) is 4.79 Å². The van der Waals surface area contributed by atoms with Crippen molar-refractivity contribution in [1.82, 2.24) is 0 Å². The van der Waals surface area contributed by atoms with Crippen molar-refractivity contribution < 1.29 is 18.0 Å². The van der Waals surface area contributed by atoms with Gasteiger partial charge in [0.1, 0.15) is 34.8 Å². The van der Waals surface area contributed by atoms with E-state index in [1.54, 1.807) is 30.3 Å². The monoisotopic (exact) mass is 350 g/mol. The number of para-hydroxylation sites is 1. The van der Waals surface area contributed by atoms with E-state index in [2.05, 4.69) is 5.32 Å². The standard InChI is InChI=1S/C20H12F2N2O2/c21-16-6-2-1-5-15(16)19-10-9-14(26-19)11-13(12-23)20(25)24-18-8-4-3-7-17(18)22/h1-11H,(H,24,25)/b13-11+. The molecule has 0 saturated carbocycles. The zero-order valence-electron chi connectivity index (χ0n) is 13.4. The Bertz CT molecular complexity index is 1030. The Morgan fingerprint density at radius 2 is 1.69 bits per heavy atom. The highest BCUT2D eigenvalue weighted by atomic mass is 19.1. The van der Waals surface area contributed by atoms with Gasteiger partial charge < -0.3 is 9.73 Å². The summed E-state index contributed by atoms with van der Waals surface area (Å²) in [6.07, 6.45) is 1.21. The molecular formula is C20H12F2N2O2. The summed E-state index contributed by atoms with van der Waals surface area (Å²) in [7, 11) is 0. The normalized spacial score (nSPS) is 11.0. The third kappa shape index (κ3) is 3.68.